The Hall–Kier alpha value is -2.55. The van der Waals surface area contributed by atoms with Crippen LogP contribution in [-0.4, -0.2) is 6.03 Å². The minimum atomic E-state index is -0.163. The molecular weight excluding hydrogens is 352 g/mol. The minimum absolute atomic E-state index is 0. The van der Waals surface area contributed by atoms with Crippen molar-refractivity contribution in [1.82, 2.24) is 10.6 Å². The summed E-state index contributed by atoms with van der Waals surface area (Å²) in [4.78, 5) is 11.8. The maximum atomic E-state index is 11.8. The van der Waals surface area contributed by atoms with E-state index in [1.54, 1.807) is 0 Å². The summed E-state index contributed by atoms with van der Waals surface area (Å²) in [5.74, 6) is 0. The molecule has 3 aromatic rings. The summed E-state index contributed by atoms with van der Waals surface area (Å²) in [5, 5.41) is 5.76. The molecule has 4 rings (SSSR count). The van der Waals surface area contributed by atoms with Crippen LogP contribution >= 0.6 is 0 Å². The van der Waals surface area contributed by atoms with Crippen molar-refractivity contribution in [2.75, 3.05) is 0 Å². The Balaban J connectivity index is 0.000000325. The average molecular weight is 372 g/mol. The zero-order valence-corrected chi connectivity index (χ0v) is 15.0. The van der Waals surface area contributed by atoms with E-state index in [2.05, 4.69) is 29.7 Å². The van der Waals surface area contributed by atoms with E-state index in [0.717, 1.165) is 16.8 Å². The number of nitrogens with one attached hydrogen (secondary N) is 2. The number of rotatable bonds is 2. The minimum Gasteiger partial charge on any atom is -0.335 e. The summed E-state index contributed by atoms with van der Waals surface area (Å²) in [6, 6.07) is 25.9. The molecule has 1 unspecified atom stereocenters. The molecule has 128 valence electrons. The van der Waals surface area contributed by atoms with Gasteiger partial charge < -0.3 is 10.6 Å². The van der Waals surface area contributed by atoms with E-state index < -0.39 is 0 Å². The number of hydrogen-bond donors (Lipinski definition) is 2. The predicted molar refractivity (Wildman–Crippen MR) is 97.6 cm³/mol. The van der Waals surface area contributed by atoms with Gasteiger partial charge in [-0.15, -0.1) is 18.2 Å². The first-order valence-corrected chi connectivity index (χ1v) is 7.97. The van der Waals surface area contributed by atoms with Gasteiger partial charge in [0, 0.05) is 6.04 Å². The van der Waals surface area contributed by atoms with Gasteiger partial charge in [0.25, 0.3) is 0 Å². The van der Waals surface area contributed by atoms with E-state index >= 15 is 0 Å². The van der Waals surface area contributed by atoms with Crippen LogP contribution in [0.1, 0.15) is 22.7 Å². The smallest absolute Gasteiger partial charge is 0.335 e. The molecule has 4 heteroatoms. The molecule has 0 bridgehead atoms. The number of hydrogen-bond acceptors (Lipinski definition) is 1. The largest absolute Gasteiger partial charge is 2.00 e. The Bertz CT molecular complexity index is 770. The van der Waals surface area contributed by atoms with Gasteiger partial charge in [-0.05, 0) is 18.2 Å². The number of amides is 2. The van der Waals surface area contributed by atoms with E-state index in [1.165, 1.54) is 5.56 Å². The average Bonchev–Trinajstić information content (AvgIpc) is 3.31. The summed E-state index contributed by atoms with van der Waals surface area (Å²) in [6.07, 6.45) is 2.04. The van der Waals surface area contributed by atoms with Crippen molar-refractivity contribution >= 4 is 11.7 Å². The van der Waals surface area contributed by atoms with Gasteiger partial charge in [0.15, 0.2) is 0 Å². The van der Waals surface area contributed by atoms with Crippen molar-refractivity contribution < 1.29 is 21.9 Å². The molecule has 1 aliphatic heterocycles. The number of urea groups is 1. The van der Waals surface area contributed by atoms with Crippen molar-refractivity contribution in [3.63, 3.8) is 0 Å². The standard InChI is InChI=1S/C16H15N2O.C5H5.Fe/c1-11-6-8-13(9-7-11)15-10-14(17-16(19)18-15)12-4-2-3-5-12;1-2-4-5-3-1;/h2-10,15H,1H3,(H2,17,18,19);1-5H;/q2*-1;+2. The van der Waals surface area contributed by atoms with Gasteiger partial charge >= 0.3 is 23.1 Å². The Morgan fingerprint density at radius 2 is 1.64 bits per heavy atom. The van der Waals surface area contributed by atoms with Crippen LogP contribution in [0.5, 0.6) is 0 Å². The van der Waals surface area contributed by atoms with Crippen LogP contribution in [0, 0.1) is 6.92 Å². The van der Waals surface area contributed by atoms with Crippen molar-refractivity contribution in [3.8, 4) is 0 Å². The summed E-state index contributed by atoms with van der Waals surface area (Å²) in [5.41, 5.74) is 4.19. The Kier molecular flexibility index (Phi) is 6.81. The third-order valence-corrected chi connectivity index (χ3v) is 3.83. The van der Waals surface area contributed by atoms with Gasteiger partial charge in [-0.2, -0.15) is 30.3 Å². The zero-order chi connectivity index (χ0) is 16.8. The molecule has 2 amide bonds. The first kappa shape index (κ1) is 18.8. The summed E-state index contributed by atoms with van der Waals surface area (Å²) < 4.78 is 0. The first-order valence-electron chi connectivity index (χ1n) is 7.97. The Morgan fingerprint density at radius 1 is 1.00 bits per heavy atom. The van der Waals surface area contributed by atoms with Gasteiger partial charge in [0.1, 0.15) is 0 Å². The Labute approximate surface area is 159 Å². The molecule has 0 aliphatic carbocycles. The molecule has 0 spiro atoms. The monoisotopic (exact) mass is 372 g/mol. The van der Waals surface area contributed by atoms with Crippen molar-refractivity contribution in [1.29, 1.82) is 0 Å². The molecule has 0 radical (unpaired) electrons. The predicted octanol–water partition coefficient (Wildman–Crippen LogP) is 4.51. The van der Waals surface area contributed by atoms with Crippen LogP contribution in [0.25, 0.3) is 5.70 Å². The quantitative estimate of drug-likeness (QED) is 0.504. The van der Waals surface area contributed by atoms with Crippen LogP contribution in [0.3, 0.4) is 0 Å². The van der Waals surface area contributed by atoms with Crippen LogP contribution in [-0.2, 0) is 17.1 Å². The van der Waals surface area contributed by atoms with E-state index in [0.29, 0.717) is 0 Å². The van der Waals surface area contributed by atoms with Crippen molar-refractivity contribution in [2.45, 2.75) is 13.0 Å². The molecule has 1 aliphatic rings. The van der Waals surface area contributed by atoms with Crippen LogP contribution in [0.2, 0.25) is 0 Å². The van der Waals surface area contributed by atoms with E-state index in [1.807, 2.05) is 72.8 Å². The van der Waals surface area contributed by atoms with Crippen LogP contribution in [0.4, 0.5) is 4.79 Å². The normalized spacial score (nSPS) is 15.6. The van der Waals surface area contributed by atoms with E-state index in [4.69, 9.17) is 0 Å². The van der Waals surface area contributed by atoms with Gasteiger partial charge in [0.2, 0.25) is 0 Å². The third kappa shape index (κ3) is 5.21. The molecular formula is C21H20FeN2O. The SMILES string of the molecule is Cc1ccc(C2C=C([c-]3cccc3)NC(=O)N2)cc1.[Fe+2].c1cc[cH-]c1. The summed E-state index contributed by atoms with van der Waals surface area (Å²) >= 11 is 0. The fraction of sp³-hybridized carbons (Fsp3) is 0.0952. The second-order valence-corrected chi connectivity index (χ2v) is 5.70. The molecule has 3 nitrogen and oxygen atoms in total. The van der Waals surface area contributed by atoms with Crippen LogP contribution in [0.15, 0.2) is 84.9 Å². The van der Waals surface area contributed by atoms with Crippen molar-refractivity contribution in [2.24, 2.45) is 0 Å². The fourth-order valence-corrected chi connectivity index (χ4v) is 2.55. The maximum Gasteiger partial charge on any atom is 2.00 e. The van der Waals surface area contributed by atoms with Gasteiger partial charge in [-0.3, -0.25) is 0 Å². The molecule has 3 aromatic carbocycles. The third-order valence-electron chi connectivity index (χ3n) is 3.83. The van der Waals surface area contributed by atoms with Gasteiger partial charge in [-0.1, -0.05) is 35.4 Å². The Morgan fingerprint density at radius 3 is 2.20 bits per heavy atom. The molecule has 1 atom stereocenters. The number of carbonyl (C=O) groups is 1. The molecule has 0 fully saturated rings. The number of benzene rings is 1. The molecule has 2 N–H and O–H groups in total. The molecule has 0 aromatic heterocycles. The maximum absolute atomic E-state index is 11.8. The first-order chi connectivity index (χ1) is 11.7. The molecule has 1 heterocycles. The molecule has 0 saturated carbocycles. The van der Waals surface area contributed by atoms with E-state index in [-0.39, 0.29) is 29.1 Å². The summed E-state index contributed by atoms with van der Waals surface area (Å²) in [6.45, 7) is 2.05. The zero-order valence-electron chi connectivity index (χ0n) is 13.9. The number of aryl methyl sites for hydroxylation is 1. The van der Waals surface area contributed by atoms with Crippen molar-refractivity contribution in [3.05, 3.63) is 102 Å². The molecule has 25 heavy (non-hydrogen) atoms. The molecule has 0 saturated heterocycles. The van der Waals surface area contributed by atoms with E-state index in [9.17, 15) is 4.79 Å². The fourth-order valence-electron chi connectivity index (χ4n) is 2.55. The van der Waals surface area contributed by atoms with Crippen LogP contribution < -0.4 is 10.6 Å². The van der Waals surface area contributed by atoms with Gasteiger partial charge in [0.05, 0.1) is 0 Å². The summed E-state index contributed by atoms with van der Waals surface area (Å²) in [7, 11) is 0. The second kappa shape index (κ2) is 9.07. The second-order valence-electron chi connectivity index (χ2n) is 5.70. The van der Waals surface area contributed by atoms with Gasteiger partial charge in [-0.25, -0.2) is 16.9 Å². The topological polar surface area (TPSA) is 41.1 Å². The number of carbonyl (C=O) groups excluding carboxylic acids is 1.